The van der Waals surface area contributed by atoms with Gasteiger partial charge in [0.1, 0.15) is 5.75 Å². The Morgan fingerprint density at radius 3 is 2.59 bits per heavy atom. The normalized spacial score (nSPS) is 19.0. The summed E-state index contributed by atoms with van der Waals surface area (Å²) in [6, 6.07) is 7.42. The maximum atomic E-state index is 13.0. The summed E-state index contributed by atoms with van der Waals surface area (Å²) < 4.78 is 5.38. The molecule has 1 fully saturated rings. The van der Waals surface area contributed by atoms with Gasteiger partial charge in [-0.05, 0) is 24.0 Å². The number of nitrogens with zero attached hydrogens (tertiary/aromatic N) is 2. The molecule has 1 atom stereocenters. The summed E-state index contributed by atoms with van der Waals surface area (Å²) in [7, 11) is 1.56. The van der Waals surface area contributed by atoms with Gasteiger partial charge in [-0.3, -0.25) is 14.5 Å². The molecule has 0 bridgehead atoms. The summed E-state index contributed by atoms with van der Waals surface area (Å²) in [5.41, 5.74) is 12.1. The van der Waals surface area contributed by atoms with E-state index < -0.39 is 5.91 Å². The van der Waals surface area contributed by atoms with Crippen molar-refractivity contribution in [2.75, 3.05) is 38.2 Å². The van der Waals surface area contributed by atoms with Crippen LogP contribution in [0.25, 0.3) is 0 Å². The Bertz CT molecular complexity index is 654. The zero-order valence-corrected chi connectivity index (χ0v) is 17.1. The number of benzene rings is 1. The Labute approximate surface area is 167 Å². The Morgan fingerprint density at radius 1 is 1.33 bits per heavy atom. The fraction of sp³-hybridized carbons (Fsp3) is 0.579. The number of para-hydroxylation sites is 2. The molecule has 152 valence electrons. The van der Waals surface area contributed by atoms with Crippen LogP contribution in [0, 0.1) is 5.41 Å². The van der Waals surface area contributed by atoms with E-state index in [0.29, 0.717) is 11.4 Å². The number of rotatable bonds is 7. The van der Waals surface area contributed by atoms with Gasteiger partial charge in [0.25, 0.3) is 0 Å². The van der Waals surface area contributed by atoms with Gasteiger partial charge in [-0.1, -0.05) is 26.0 Å². The number of amides is 2. The monoisotopic (exact) mass is 398 g/mol. The van der Waals surface area contributed by atoms with Crippen LogP contribution in [0.4, 0.5) is 5.69 Å². The maximum Gasteiger partial charge on any atom is 0.241 e. The number of nitrogens with two attached hydrogens (primary N) is 2. The number of carbonyl (C=O) groups excluding carboxylic acids is 2. The highest BCUT2D eigenvalue weighted by Crippen LogP contribution is 2.30. The van der Waals surface area contributed by atoms with E-state index in [0.717, 1.165) is 19.5 Å². The van der Waals surface area contributed by atoms with Crippen LogP contribution >= 0.6 is 12.4 Å². The van der Waals surface area contributed by atoms with Crippen molar-refractivity contribution in [3.8, 4) is 5.75 Å². The predicted molar refractivity (Wildman–Crippen MR) is 109 cm³/mol. The third-order valence-corrected chi connectivity index (χ3v) is 5.01. The van der Waals surface area contributed by atoms with Crippen molar-refractivity contribution in [2.24, 2.45) is 16.9 Å². The minimum atomic E-state index is -0.442. The molecule has 1 aromatic carbocycles. The van der Waals surface area contributed by atoms with Gasteiger partial charge in [0.15, 0.2) is 0 Å². The molecule has 0 radical (unpaired) electrons. The van der Waals surface area contributed by atoms with Crippen molar-refractivity contribution in [2.45, 2.75) is 32.7 Å². The molecule has 1 aromatic rings. The molecule has 7 nitrogen and oxygen atoms in total. The fourth-order valence-electron chi connectivity index (χ4n) is 3.35. The topological polar surface area (TPSA) is 102 Å². The van der Waals surface area contributed by atoms with Crippen molar-refractivity contribution in [3.05, 3.63) is 24.3 Å². The first kappa shape index (κ1) is 23.2. The lowest BCUT2D eigenvalue weighted by molar-refractivity contribution is -0.120. The number of carbonyl (C=O) groups is 2. The first-order valence-corrected chi connectivity index (χ1v) is 8.94. The van der Waals surface area contributed by atoms with Gasteiger partial charge in [-0.2, -0.15) is 0 Å². The van der Waals surface area contributed by atoms with Gasteiger partial charge < -0.3 is 21.1 Å². The molecule has 1 aliphatic heterocycles. The highest BCUT2D eigenvalue weighted by atomic mass is 35.5. The molecule has 8 heteroatoms. The lowest BCUT2D eigenvalue weighted by atomic mass is 9.80. The lowest BCUT2D eigenvalue weighted by Crippen LogP contribution is -2.54. The number of likely N-dealkylation sites (tertiary alicyclic amines) is 1. The zero-order chi connectivity index (χ0) is 19.3. The first-order chi connectivity index (χ1) is 12.2. The molecular weight excluding hydrogens is 368 g/mol. The minimum absolute atomic E-state index is 0. The summed E-state index contributed by atoms with van der Waals surface area (Å²) in [4.78, 5) is 28.0. The van der Waals surface area contributed by atoms with Crippen LogP contribution in [0.5, 0.6) is 5.75 Å². The van der Waals surface area contributed by atoms with E-state index in [4.69, 9.17) is 16.2 Å². The standard InChI is InChI=1S/C19H30N4O3.ClH/c1-19(2)13-22(10-8-16(19)20)12-18(25)23(11-9-17(21)24)14-6-4-5-7-15(14)26-3;/h4-7,16H,8-13,20H2,1-3H3,(H2,21,24);1H. The SMILES string of the molecule is COc1ccccc1N(CCC(N)=O)C(=O)CN1CCC(N)C(C)(C)C1.Cl. The Balaban J connectivity index is 0.00000364. The maximum absolute atomic E-state index is 13.0. The second-order valence-corrected chi connectivity index (χ2v) is 7.53. The summed E-state index contributed by atoms with van der Waals surface area (Å²) in [6.07, 6.45) is 0.955. The molecule has 0 spiro atoms. The van der Waals surface area contributed by atoms with Crippen LogP contribution < -0.4 is 21.1 Å². The van der Waals surface area contributed by atoms with Crippen molar-refractivity contribution >= 4 is 29.9 Å². The molecular formula is C19H31ClN4O3. The molecule has 0 aliphatic carbocycles. The summed E-state index contributed by atoms with van der Waals surface area (Å²) >= 11 is 0. The van der Waals surface area contributed by atoms with E-state index in [1.54, 1.807) is 18.1 Å². The van der Waals surface area contributed by atoms with E-state index in [9.17, 15) is 9.59 Å². The summed E-state index contributed by atoms with van der Waals surface area (Å²) in [5, 5.41) is 0. The molecule has 0 saturated carbocycles. The number of ether oxygens (including phenoxy) is 1. The predicted octanol–water partition coefficient (Wildman–Crippen LogP) is 1.38. The number of hydrogen-bond acceptors (Lipinski definition) is 5. The van der Waals surface area contributed by atoms with E-state index in [2.05, 4.69) is 18.7 Å². The second-order valence-electron chi connectivity index (χ2n) is 7.53. The van der Waals surface area contributed by atoms with Gasteiger partial charge >= 0.3 is 0 Å². The summed E-state index contributed by atoms with van der Waals surface area (Å²) in [5.74, 6) is 0.0658. The Hall–Kier alpha value is -1.83. The van der Waals surface area contributed by atoms with Crippen molar-refractivity contribution in [1.29, 1.82) is 0 Å². The summed E-state index contributed by atoms with van der Waals surface area (Å²) in [6.45, 7) is 6.29. The van der Waals surface area contributed by atoms with Crippen LogP contribution in [-0.2, 0) is 9.59 Å². The van der Waals surface area contributed by atoms with Crippen LogP contribution in [0.1, 0.15) is 26.7 Å². The number of piperidine rings is 1. The number of methoxy groups -OCH3 is 1. The molecule has 1 saturated heterocycles. The Morgan fingerprint density at radius 2 is 2.00 bits per heavy atom. The van der Waals surface area contributed by atoms with Crippen molar-refractivity contribution in [3.63, 3.8) is 0 Å². The number of anilines is 1. The molecule has 2 rings (SSSR count). The fourth-order valence-corrected chi connectivity index (χ4v) is 3.35. The lowest BCUT2D eigenvalue weighted by Gasteiger charge is -2.42. The second kappa shape index (κ2) is 9.92. The van der Waals surface area contributed by atoms with E-state index in [1.165, 1.54) is 0 Å². The van der Waals surface area contributed by atoms with Gasteiger partial charge in [0.2, 0.25) is 11.8 Å². The highest BCUT2D eigenvalue weighted by molar-refractivity contribution is 5.96. The third-order valence-electron chi connectivity index (χ3n) is 5.01. The number of halogens is 1. The van der Waals surface area contributed by atoms with E-state index in [1.807, 2.05) is 18.2 Å². The average molecular weight is 399 g/mol. The quantitative estimate of drug-likeness (QED) is 0.722. The first-order valence-electron chi connectivity index (χ1n) is 8.94. The largest absolute Gasteiger partial charge is 0.495 e. The molecule has 27 heavy (non-hydrogen) atoms. The number of primary amides is 1. The molecule has 4 N–H and O–H groups in total. The van der Waals surface area contributed by atoms with Crippen molar-refractivity contribution in [1.82, 2.24) is 4.90 Å². The van der Waals surface area contributed by atoms with Gasteiger partial charge in [-0.15, -0.1) is 12.4 Å². The molecule has 1 unspecified atom stereocenters. The highest BCUT2D eigenvalue weighted by Gasteiger charge is 2.34. The van der Waals surface area contributed by atoms with Crippen LogP contribution in [0.15, 0.2) is 24.3 Å². The van der Waals surface area contributed by atoms with Crippen LogP contribution in [0.3, 0.4) is 0 Å². The third kappa shape index (κ3) is 6.09. The van der Waals surface area contributed by atoms with Crippen LogP contribution in [-0.4, -0.2) is 56.0 Å². The van der Waals surface area contributed by atoms with Gasteiger partial charge in [-0.25, -0.2) is 0 Å². The van der Waals surface area contributed by atoms with Gasteiger partial charge in [0, 0.05) is 32.1 Å². The smallest absolute Gasteiger partial charge is 0.241 e. The van der Waals surface area contributed by atoms with Crippen LogP contribution in [0.2, 0.25) is 0 Å². The molecule has 0 aromatic heterocycles. The molecule has 2 amide bonds. The Kier molecular flexibility index (Phi) is 8.53. The van der Waals surface area contributed by atoms with E-state index >= 15 is 0 Å². The van der Waals surface area contributed by atoms with Crippen molar-refractivity contribution < 1.29 is 14.3 Å². The zero-order valence-electron chi connectivity index (χ0n) is 16.3. The minimum Gasteiger partial charge on any atom is -0.495 e. The average Bonchev–Trinajstić information content (AvgIpc) is 2.58. The molecule has 1 heterocycles. The van der Waals surface area contributed by atoms with E-state index in [-0.39, 0.29) is 49.3 Å². The number of hydrogen-bond donors (Lipinski definition) is 2. The molecule has 1 aliphatic rings. The van der Waals surface area contributed by atoms with Gasteiger partial charge in [0.05, 0.1) is 19.3 Å².